The van der Waals surface area contributed by atoms with Gasteiger partial charge < -0.3 is 0 Å². The van der Waals surface area contributed by atoms with Crippen LogP contribution in [0.4, 0.5) is 0 Å². The Bertz CT molecular complexity index is 209. The standard InChI is InChI=1S/C9H19N3S/c1-7(2)11-12-8(13-6)10-9(3,4)5/h1-6H3,(H,10,12). The van der Waals surface area contributed by atoms with Gasteiger partial charge in [0.15, 0.2) is 5.17 Å². The molecule has 0 aliphatic carbocycles. The van der Waals surface area contributed by atoms with Crippen molar-refractivity contribution in [2.75, 3.05) is 6.26 Å². The zero-order valence-electron chi connectivity index (χ0n) is 9.30. The van der Waals surface area contributed by atoms with E-state index in [1.165, 1.54) is 0 Å². The summed E-state index contributed by atoms with van der Waals surface area (Å²) in [6.07, 6.45) is 1.98. The van der Waals surface area contributed by atoms with Crippen molar-refractivity contribution in [3.63, 3.8) is 0 Å². The van der Waals surface area contributed by atoms with Gasteiger partial charge in [-0.3, -0.25) is 10.4 Å². The number of rotatable bonds is 1. The monoisotopic (exact) mass is 201 g/mol. The van der Waals surface area contributed by atoms with Crippen LogP contribution < -0.4 is 5.43 Å². The second-order valence-corrected chi connectivity index (χ2v) is 4.76. The molecule has 0 saturated heterocycles. The largest absolute Gasteiger partial charge is 0.256 e. The fraction of sp³-hybridized carbons (Fsp3) is 0.778. The van der Waals surface area contributed by atoms with Gasteiger partial charge >= 0.3 is 0 Å². The summed E-state index contributed by atoms with van der Waals surface area (Å²) < 4.78 is 0. The molecule has 0 unspecified atom stereocenters. The SMILES string of the molecule is CSC(=NC(C)(C)C)NN=C(C)C. The second-order valence-electron chi connectivity index (χ2n) is 3.96. The molecule has 0 aromatic rings. The van der Waals surface area contributed by atoms with Gasteiger partial charge in [-0.2, -0.15) is 5.10 Å². The Balaban J connectivity index is 4.35. The van der Waals surface area contributed by atoms with E-state index in [1.807, 2.05) is 20.1 Å². The molecule has 0 amide bonds. The molecule has 0 aromatic carbocycles. The Kier molecular flexibility index (Phi) is 5.06. The molecule has 0 heterocycles. The predicted octanol–water partition coefficient (Wildman–Crippen LogP) is 2.49. The first-order valence-corrected chi connectivity index (χ1v) is 5.48. The van der Waals surface area contributed by atoms with Crippen LogP contribution in [0.3, 0.4) is 0 Å². The lowest BCUT2D eigenvalue weighted by Crippen LogP contribution is -2.21. The summed E-state index contributed by atoms with van der Waals surface area (Å²) in [4.78, 5) is 4.46. The number of hydrazone groups is 1. The molecule has 0 saturated carbocycles. The maximum absolute atomic E-state index is 4.46. The molecule has 0 aliphatic rings. The Morgan fingerprint density at radius 3 is 2.08 bits per heavy atom. The highest BCUT2D eigenvalue weighted by atomic mass is 32.2. The third kappa shape index (κ3) is 7.84. The van der Waals surface area contributed by atoms with Gasteiger partial charge in [0.1, 0.15) is 0 Å². The zero-order chi connectivity index (χ0) is 10.5. The van der Waals surface area contributed by atoms with Crippen LogP contribution in [0.2, 0.25) is 0 Å². The van der Waals surface area contributed by atoms with Crippen molar-refractivity contribution >= 4 is 22.6 Å². The van der Waals surface area contributed by atoms with Gasteiger partial charge in [-0.25, -0.2) is 0 Å². The number of nitrogens with zero attached hydrogens (tertiary/aromatic N) is 2. The number of nitrogens with one attached hydrogen (secondary N) is 1. The summed E-state index contributed by atoms with van der Waals surface area (Å²) in [7, 11) is 0. The molecule has 0 spiro atoms. The Hall–Kier alpha value is -0.510. The second kappa shape index (κ2) is 5.27. The van der Waals surface area contributed by atoms with Crippen molar-refractivity contribution in [2.24, 2.45) is 10.1 Å². The van der Waals surface area contributed by atoms with Crippen LogP contribution in [0.25, 0.3) is 0 Å². The van der Waals surface area contributed by atoms with E-state index < -0.39 is 0 Å². The maximum atomic E-state index is 4.46. The highest BCUT2D eigenvalue weighted by molar-refractivity contribution is 8.13. The van der Waals surface area contributed by atoms with Gasteiger partial charge in [0.25, 0.3) is 0 Å². The van der Waals surface area contributed by atoms with E-state index in [0.717, 1.165) is 10.9 Å². The van der Waals surface area contributed by atoms with Crippen molar-refractivity contribution in [3.8, 4) is 0 Å². The molecular weight excluding hydrogens is 182 g/mol. The van der Waals surface area contributed by atoms with E-state index in [9.17, 15) is 0 Å². The van der Waals surface area contributed by atoms with Crippen LogP contribution in [0.5, 0.6) is 0 Å². The average Bonchev–Trinajstić information content (AvgIpc) is 1.95. The summed E-state index contributed by atoms with van der Waals surface area (Å²) in [6, 6.07) is 0. The first kappa shape index (κ1) is 12.5. The quantitative estimate of drug-likeness (QED) is 0.402. The van der Waals surface area contributed by atoms with Crippen LogP contribution >= 0.6 is 11.8 Å². The van der Waals surface area contributed by atoms with Gasteiger partial charge in [0, 0.05) is 5.71 Å². The lowest BCUT2D eigenvalue weighted by Gasteiger charge is -2.14. The Morgan fingerprint density at radius 1 is 1.23 bits per heavy atom. The Morgan fingerprint density at radius 2 is 1.77 bits per heavy atom. The third-order valence-corrected chi connectivity index (χ3v) is 1.57. The van der Waals surface area contributed by atoms with Crippen LogP contribution in [-0.4, -0.2) is 22.7 Å². The van der Waals surface area contributed by atoms with Gasteiger partial charge in [-0.1, -0.05) is 11.8 Å². The van der Waals surface area contributed by atoms with Crippen molar-refractivity contribution in [1.29, 1.82) is 0 Å². The van der Waals surface area contributed by atoms with E-state index in [1.54, 1.807) is 11.8 Å². The molecule has 76 valence electrons. The molecule has 0 fully saturated rings. The molecule has 3 nitrogen and oxygen atoms in total. The van der Waals surface area contributed by atoms with Crippen molar-refractivity contribution in [1.82, 2.24) is 5.43 Å². The predicted molar refractivity (Wildman–Crippen MR) is 62.6 cm³/mol. The van der Waals surface area contributed by atoms with E-state index in [0.29, 0.717) is 0 Å². The first-order chi connectivity index (χ1) is 5.85. The van der Waals surface area contributed by atoms with E-state index in [4.69, 9.17) is 0 Å². The third-order valence-electron chi connectivity index (χ3n) is 1.01. The van der Waals surface area contributed by atoms with Gasteiger partial charge in [-0.15, -0.1) is 0 Å². The normalized spacial score (nSPS) is 12.6. The van der Waals surface area contributed by atoms with Gasteiger partial charge in [-0.05, 0) is 40.9 Å². The molecule has 13 heavy (non-hydrogen) atoms. The van der Waals surface area contributed by atoms with Crippen LogP contribution in [-0.2, 0) is 0 Å². The minimum atomic E-state index is -0.0531. The topological polar surface area (TPSA) is 36.8 Å². The van der Waals surface area contributed by atoms with Crippen LogP contribution in [0.15, 0.2) is 10.1 Å². The average molecular weight is 201 g/mol. The first-order valence-electron chi connectivity index (χ1n) is 4.26. The summed E-state index contributed by atoms with van der Waals surface area (Å²) >= 11 is 1.57. The highest BCUT2D eigenvalue weighted by Crippen LogP contribution is 2.09. The molecule has 0 aliphatic heterocycles. The molecule has 0 radical (unpaired) electrons. The number of amidine groups is 1. The fourth-order valence-corrected chi connectivity index (χ4v) is 1.08. The van der Waals surface area contributed by atoms with E-state index >= 15 is 0 Å². The van der Waals surface area contributed by atoms with Gasteiger partial charge in [0.05, 0.1) is 5.54 Å². The Labute approximate surface area is 85.1 Å². The molecule has 0 atom stereocenters. The number of aliphatic imine (C=N–C) groups is 1. The number of hydrogen-bond acceptors (Lipinski definition) is 3. The van der Waals surface area contributed by atoms with Crippen LogP contribution in [0, 0.1) is 0 Å². The van der Waals surface area contributed by atoms with Crippen LogP contribution in [0.1, 0.15) is 34.6 Å². The highest BCUT2D eigenvalue weighted by Gasteiger charge is 2.08. The summed E-state index contributed by atoms with van der Waals surface area (Å²) in [6.45, 7) is 10.1. The van der Waals surface area contributed by atoms with E-state index in [-0.39, 0.29) is 5.54 Å². The zero-order valence-corrected chi connectivity index (χ0v) is 10.1. The minimum absolute atomic E-state index is 0.0531. The molecule has 4 heteroatoms. The van der Waals surface area contributed by atoms with E-state index in [2.05, 4.69) is 36.3 Å². The molecule has 0 rings (SSSR count). The van der Waals surface area contributed by atoms with Crippen molar-refractivity contribution in [3.05, 3.63) is 0 Å². The maximum Gasteiger partial charge on any atom is 0.177 e. The smallest absolute Gasteiger partial charge is 0.177 e. The van der Waals surface area contributed by atoms with Crippen molar-refractivity contribution < 1.29 is 0 Å². The summed E-state index contributed by atoms with van der Waals surface area (Å²) in [5, 5.41) is 4.95. The molecule has 0 aromatic heterocycles. The minimum Gasteiger partial charge on any atom is -0.256 e. The number of thioether (sulfide) groups is 1. The fourth-order valence-electron chi connectivity index (χ4n) is 0.581. The van der Waals surface area contributed by atoms with Gasteiger partial charge in [0.2, 0.25) is 0 Å². The molecule has 0 bridgehead atoms. The summed E-state index contributed by atoms with van der Waals surface area (Å²) in [5.41, 5.74) is 3.87. The lowest BCUT2D eigenvalue weighted by molar-refractivity contribution is 0.582. The van der Waals surface area contributed by atoms with Crippen molar-refractivity contribution in [2.45, 2.75) is 40.2 Å². The summed E-state index contributed by atoms with van der Waals surface area (Å²) in [5.74, 6) is 0. The molecular formula is C9H19N3S. The lowest BCUT2D eigenvalue weighted by atomic mass is 10.1. The number of hydrogen-bond donors (Lipinski definition) is 1. The molecule has 1 N–H and O–H groups in total.